The summed E-state index contributed by atoms with van der Waals surface area (Å²) in [6, 6.07) is 12.7. The molecule has 1 unspecified atom stereocenters. The fraction of sp³-hybridized carbons (Fsp3) is 0.353. The molecule has 0 saturated carbocycles. The Morgan fingerprint density at radius 3 is 2.15 bits per heavy atom. The summed E-state index contributed by atoms with van der Waals surface area (Å²) in [4.78, 5) is 4.45. The van der Waals surface area contributed by atoms with Crippen LogP contribution >= 0.6 is 0 Å². The minimum Gasteiger partial charge on any atom is -0.497 e. The van der Waals surface area contributed by atoms with Crippen molar-refractivity contribution in [2.75, 3.05) is 13.7 Å². The van der Waals surface area contributed by atoms with Gasteiger partial charge in [-0.2, -0.15) is 0 Å². The van der Waals surface area contributed by atoms with E-state index in [1.807, 2.05) is 26.0 Å². The van der Waals surface area contributed by atoms with Crippen molar-refractivity contribution in [3.8, 4) is 5.75 Å². The van der Waals surface area contributed by atoms with Crippen molar-refractivity contribution in [1.29, 1.82) is 0 Å². The van der Waals surface area contributed by atoms with Gasteiger partial charge < -0.3 is 10.1 Å². The van der Waals surface area contributed by atoms with Crippen LogP contribution in [0.15, 0.2) is 36.4 Å². The van der Waals surface area contributed by atoms with Gasteiger partial charge in [-0.05, 0) is 55.8 Å². The zero-order chi connectivity index (χ0) is 14.5. The molecule has 2 rings (SSSR count). The van der Waals surface area contributed by atoms with Crippen LogP contribution in [-0.2, 0) is 0 Å². The van der Waals surface area contributed by atoms with Gasteiger partial charge in [0, 0.05) is 11.4 Å². The van der Waals surface area contributed by atoms with E-state index in [2.05, 4.69) is 41.5 Å². The number of rotatable bonds is 5. The van der Waals surface area contributed by atoms with Gasteiger partial charge in [-0.25, -0.2) is 0 Å². The van der Waals surface area contributed by atoms with E-state index >= 15 is 0 Å². The Balaban J connectivity index is 2.38. The summed E-state index contributed by atoms with van der Waals surface area (Å²) in [5, 5.41) is 3.54. The average molecular weight is 270 g/mol. The highest BCUT2D eigenvalue weighted by Gasteiger charge is 2.14. The number of benzene rings is 1. The standard InChI is InChI=1S/C17H22N2O/c1-5-18-17(14-6-8-16(20-4)9-7-14)15-10-12(2)19-13(3)11-15/h6-11,17-18H,5H2,1-4H3. The summed E-state index contributed by atoms with van der Waals surface area (Å²) in [6.45, 7) is 7.11. The van der Waals surface area contributed by atoms with Gasteiger partial charge in [0.25, 0.3) is 0 Å². The molecule has 106 valence electrons. The zero-order valence-corrected chi connectivity index (χ0v) is 12.6. The predicted octanol–water partition coefficient (Wildman–Crippen LogP) is 3.41. The molecule has 20 heavy (non-hydrogen) atoms. The first-order valence-corrected chi connectivity index (χ1v) is 6.96. The second-order valence-electron chi connectivity index (χ2n) is 4.95. The molecule has 2 aromatic rings. The summed E-state index contributed by atoms with van der Waals surface area (Å²) in [6.07, 6.45) is 0. The maximum atomic E-state index is 5.22. The molecule has 0 aliphatic heterocycles. The molecule has 3 nitrogen and oxygen atoms in total. The van der Waals surface area contributed by atoms with E-state index in [0.29, 0.717) is 0 Å². The minimum atomic E-state index is 0.186. The highest BCUT2D eigenvalue weighted by molar-refractivity contribution is 5.36. The lowest BCUT2D eigenvalue weighted by Gasteiger charge is -2.20. The van der Waals surface area contributed by atoms with E-state index in [0.717, 1.165) is 23.7 Å². The van der Waals surface area contributed by atoms with Crippen LogP contribution in [0.2, 0.25) is 0 Å². The number of aromatic nitrogens is 1. The van der Waals surface area contributed by atoms with Crippen LogP contribution in [-0.4, -0.2) is 18.6 Å². The third-order valence-corrected chi connectivity index (χ3v) is 3.29. The van der Waals surface area contributed by atoms with Crippen LogP contribution < -0.4 is 10.1 Å². The van der Waals surface area contributed by atoms with Gasteiger partial charge in [-0.3, -0.25) is 4.98 Å². The van der Waals surface area contributed by atoms with Crippen molar-refractivity contribution in [3.05, 3.63) is 58.9 Å². The van der Waals surface area contributed by atoms with Crippen LogP contribution in [0, 0.1) is 13.8 Å². The molecule has 0 amide bonds. The molecule has 0 fully saturated rings. The van der Waals surface area contributed by atoms with Gasteiger partial charge in [0.2, 0.25) is 0 Å². The first-order valence-electron chi connectivity index (χ1n) is 6.96. The molecule has 0 bridgehead atoms. The molecule has 1 aromatic heterocycles. The van der Waals surface area contributed by atoms with Gasteiger partial charge >= 0.3 is 0 Å². The Morgan fingerprint density at radius 1 is 1.05 bits per heavy atom. The largest absolute Gasteiger partial charge is 0.497 e. The quantitative estimate of drug-likeness (QED) is 0.904. The maximum Gasteiger partial charge on any atom is 0.118 e. The van der Waals surface area contributed by atoms with Crippen molar-refractivity contribution in [3.63, 3.8) is 0 Å². The maximum absolute atomic E-state index is 5.22. The number of nitrogens with one attached hydrogen (secondary N) is 1. The van der Waals surface area contributed by atoms with Crippen LogP contribution in [0.4, 0.5) is 0 Å². The van der Waals surface area contributed by atoms with Crippen LogP contribution in [0.5, 0.6) is 5.75 Å². The fourth-order valence-corrected chi connectivity index (χ4v) is 2.46. The molecule has 0 radical (unpaired) electrons. The molecule has 0 spiro atoms. The van der Waals surface area contributed by atoms with E-state index < -0.39 is 0 Å². The zero-order valence-electron chi connectivity index (χ0n) is 12.6. The van der Waals surface area contributed by atoms with Crippen molar-refractivity contribution in [1.82, 2.24) is 10.3 Å². The lowest BCUT2D eigenvalue weighted by atomic mass is 9.98. The first-order chi connectivity index (χ1) is 9.63. The highest BCUT2D eigenvalue weighted by atomic mass is 16.5. The van der Waals surface area contributed by atoms with E-state index in [1.54, 1.807) is 7.11 Å². The van der Waals surface area contributed by atoms with Crippen molar-refractivity contribution in [2.45, 2.75) is 26.8 Å². The third kappa shape index (κ3) is 3.36. The van der Waals surface area contributed by atoms with Crippen molar-refractivity contribution in [2.24, 2.45) is 0 Å². The minimum absolute atomic E-state index is 0.186. The van der Waals surface area contributed by atoms with Crippen molar-refractivity contribution < 1.29 is 4.74 Å². The summed E-state index contributed by atoms with van der Waals surface area (Å²) >= 11 is 0. The smallest absolute Gasteiger partial charge is 0.118 e. The second kappa shape index (κ2) is 6.53. The SMILES string of the molecule is CCNC(c1ccc(OC)cc1)c1cc(C)nc(C)c1. The highest BCUT2D eigenvalue weighted by Crippen LogP contribution is 2.25. The molecule has 1 aromatic carbocycles. The lowest BCUT2D eigenvalue weighted by molar-refractivity contribution is 0.414. The van der Waals surface area contributed by atoms with E-state index in [1.165, 1.54) is 11.1 Å². The monoisotopic (exact) mass is 270 g/mol. The van der Waals surface area contributed by atoms with Gasteiger partial charge in [0.05, 0.1) is 13.2 Å². The molecule has 0 aliphatic rings. The van der Waals surface area contributed by atoms with Gasteiger partial charge in [0.15, 0.2) is 0 Å². The van der Waals surface area contributed by atoms with Gasteiger partial charge in [-0.1, -0.05) is 19.1 Å². The summed E-state index contributed by atoms with van der Waals surface area (Å²) in [5.74, 6) is 0.881. The predicted molar refractivity (Wildman–Crippen MR) is 82.2 cm³/mol. The first kappa shape index (κ1) is 14.5. The number of hydrogen-bond donors (Lipinski definition) is 1. The normalized spacial score (nSPS) is 12.2. The Hall–Kier alpha value is -1.87. The molecule has 0 saturated heterocycles. The van der Waals surface area contributed by atoms with E-state index in [-0.39, 0.29) is 6.04 Å². The van der Waals surface area contributed by atoms with E-state index in [4.69, 9.17) is 4.74 Å². The molecule has 0 aliphatic carbocycles. The number of ether oxygens (including phenoxy) is 1. The van der Waals surface area contributed by atoms with E-state index in [9.17, 15) is 0 Å². The van der Waals surface area contributed by atoms with Crippen LogP contribution in [0.1, 0.15) is 35.5 Å². The molecule has 1 N–H and O–H groups in total. The summed E-state index contributed by atoms with van der Waals surface area (Å²) in [5.41, 5.74) is 4.59. The Bertz CT molecular complexity index is 543. The molecular formula is C17H22N2O. The number of hydrogen-bond acceptors (Lipinski definition) is 3. The third-order valence-electron chi connectivity index (χ3n) is 3.29. The summed E-state index contributed by atoms with van der Waals surface area (Å²) in [7, 11) is 1.69. The number of pyridine rings is 1. The number of aryl methyl sites for hydroxylation is 2. The van der Waals surface area contributed by atoms with Gasteiger partial charge in [-0.15, -0.1) is 0 Å². The Morgan fingerprint density at radius 2 is 1.65 bits per heavy atom. The fourth-order valence-electron chi connectivity index (χ4n) is 2.46. The summed E-state index contributed by atoms with van der Waals surface area (Å²) < 4.78 is 5.22. The van der Waals surface area contributed by atoms with Crippen LogP contribution in [0.3, 0.4) is 0 Å². The average Bonchev–Trinajstić information content (AvgIpc) is 2.44. The van der Waals surface area contributed by atoms with Crippen LogP contribution in [0.25, 0.3) is 0 Å². The Labute approximate surface area is 121 Å². The molecule has 1 heterocycles. The topological polar surface area (TPSA) is 34.1 Å². The lowest BCUT2D eigenvalue weighted by Crippen LogP contribution is -2.22. The number of nitrogens with zero attached hydrogens (tertiary/aromatic N) is 1. The molecule has 1 atom stereocenters. The van der Waals surface area contributed by atoms with Gasteiger partial charge in [0.1, 0.15) is 5.75 Å². The Kier molecular flexibility index (Phi) is 4.74. The molecule has 3 heteroatoms. The second-order valence-corrected chi connectivity index (χ2v) is 4.95. The molecular weight excluding hydrogens is 248 g/mol. The van der Waals surface area contributed by atoms with Crippen molar-refractivity contribution >= 4 is 0 Å². The number of methoxy groups -OCH3 is 1.